The van der Waals surface area contributed by atoms with Gasteiger partial charge in [0.05, 0.1) is 24.2 Å². The molecular weight excluding hydrogens is 352 g/mol. The topological polar surface area (TPSA) is 128 Å². The molecular formula is C19H24N2O6. The van der Waals surface area contributed by atoms with Crippen molar-refractivity contribution in [2.75, 3.05) is 12.3 Å². The molecule has 2 aliphatic heterocycles. The van der Waals surface area contributed by atoms with Crippen LogP contribution in [0.4, 0.5) is 5.69 Å². The van der Waals surface area contributed by atoms with Crippen LogP contribution in [0.3, 0.4) is 0 Å². The standard InChI is InChI=1S/C19H24N2O6/c1-10(2)14(22)19-17(25)27-18(19,3)13(15(23)21-19)8-9-26-16(24)11-4-6-12(20)7-5-11/h4-7,10,13-14,22H,8-9,20H2,1-3H3,(H,21,23). The molecule has 1 aromatic rings. The van der Waals surface area contributed by atoms with Crippen LogP contribution < -0.4 is 11.1 Å². The summed E-state index contributed by atoms with van der Waals surface area (Å²) >= 11 is 0. The van der Waals surface area contributed by atoms with Crippen molar-refractivity contribution < 1.29 is 29.0 Å². The maximum atomic E-state index is 12.5. The summed E-state index contributed by atoms with van der Waals surface area (Å²) in [4.78, 5) is 36.7. The first-order valence-electron chi connectivity index (χ1n) is 8.89. The summed E-state index contributed by atoms with van der Waals surface area (Å²) in [6, 6.07) is 6.30. The van der Waals surface area contributed by atoms with Crippen LogP contribution in [-0.2, 0) is 19.1 Å². The summed E-state index contributed by atoms with van der Waals surface area (Å²) in [7, 11) is 0. The molecule has 4 atom stereocenters. The van der Waals surface area contributed by atoms with Crippen molar-refractivity contribution >= 4 is 23.5 Å². The van der Waals surface area contributed by atoms with Crippen LogP contribution in [-0.4, -0.2) is 46.8 Å². The fraction of sp³-hybridized carbons (Fsp3) is 0.526. The number of esters is 2. The van der Waals surface area contributed by atoms with Crippen LogP contribution >= 0.6 is 0 Å². The van der Waals surface area contributed by atoms with Crippen molar-refractivity contribution in [1.82, 2.24) is 5.32 Å². The van der Waals surface area contributed by atoms with E-state index in [2.05, 4.69) is 5.32 Å². The number of nitrogens with one attached hydrogen (secondary N) is 1. The second kappa shape index (κ2) is 6.53. The molecule has 0 saturated carbocycles. The first-order chi connectivity index (χ1) is 12.6. The molecule has 0 bridgehead atoms. The Hall–Kier alpha value is -2.61. The Balaban J connectivity index is 1.67. The van der Waals surface area contributed by atoms with Gasteiger partial charge in [0.2, 0.25) is 11.4 Å². The van der Waals surface area contributed by atoms with Gasteiger partial charge < -0.3 is 25.6 Å². The molecule has 1 amide bonds. The number of aliphatic hydroxyl groups is 1. The highest BCUT2D eigenvalue weighted by atomic mass is 16.6. The van der Waals surface area contributed by atoms with E-state index in [0.29, 0.717) is 11.3 Å². The molecule has 1 aromatic carbocycles. The molecule has 2 aliphatic rings. The molecule has 8 heteroatoms. The van der Waals surface area contributed by atoms with E-state index in [4.69, 9.17) is 15.2 Å². The van der Waals surface area contributed by atoms with Crippen molar-refractivity contribution in [3.63, 3.8) is 0 Å². The second-order valence-corrected chi connectivity index (χ2v) is 7.58. The van der Waals surface area contributed by atoms with Gasteiger partial charge in [-0.25, -0.2) is 9.59 Å². The van der Waals surface area contributed by atoms with Gasteiger partial charge in [0.1, 0.15) is 0 Å². The fourth-order valence-electron chi connectivity index (χ4n) is 3.93. The number of nitrogen functional groups attached to an aromatic ring is 1. The minimum atomic E-state index is -1.45. The molecule has 2 heterocycles. The van der Waals surface area contributed by atoms with E-state index in [-0.39, 0.29) is 18.9 Å². The second-order valence-electron chi connectivity index (χ2n) is 7.58. The van der Waals surface area contributed by atoms with Crippen molar-refractivity contribution in [2.24, 2.45) is 11.8 Å². The summed E-state index contributed by atoms with van der Waals surface area (Å²) < 4.78 is 10.6. The number of aliphatic hydroxyl groups excluding tert-OH is 1. The van der Waals surface area contributed by atoms with Crippen molar-refractivity contribution in [3.05, 3.63) is 29.8 Å². The van der Waals surface area contributed by atoms with Gasteiger partial charge in [0.15, 0.2) is 5.60 Å². The Kier molecular flexibility index (Phi) is 4.63. The summed E-state index contributed by atoms with van der Waals surface area (Å²) in [5.41, 5.74) is 3.84. The van der Waals surface area contributed by atoms with Crippen LogP contribution in [0.15, 0.2) is 24.3 Å². The van der Waals surface area contributed by atoms with Crippen molar-refractivity contribution in [3.8, 4) is 0 Å². The third kappa shape index (κ3) is 2.75. The van der Waals surface area contributed by atoms with E-state index in [1.54, 1.807) is 45.0 Å². The zero-order valence-corrected chi connectivity index (χ0v) is 15.5. The van der Waals surface area contributed by atoms with Gasteiger partial charge >= 0.3 is 11.9 Å². The Morgan fingerprint density at radius 1 is 1.33 bits per heavy atom. The number of nitrogens with two attached hydrogens (primary N) is 1. The Bertz CT molecular complexity index is 777. The van der Waals surface area contributed by atoms with Crippen LogP contribution in [0.5, 0.6) is 0 Å². The van der Waals surface area contributed by atoms with Gasteiger partial charge in [0.25, 0.3) is 0 Å². The van der Waals surface area contributed by atoms with E-state index in [1.807, 2.05) is 0 Å². The number of carbonyl (C=O) groups excluding carboxylic acids is 3. The lowest BCUT2D eigenvalue weighted by molar-refractivity contribution is -0.239. The molecule has 2 fully saturated rings. The fourth-order valence-corrected chi connectivity index (χ4v) is 3.93. The van der Waals surface area contributed by atoms with Gasteiger partial charge in [-0.15, -0.1) is 0 Å². The molecule has 2 saturated heterocycles. The first-order valence-corrected chi connectivity index (χ1v) is 8.89. The lowest BCUT2D eigenvalue weighted by atomic mass is 9.66. The van der Waals surface area contributed by atoms with E-state index < -0.39 is 41.0 Å². The van der Waals surface area contributed by atoms with Crippen LogP contribution in [0, 0.1) is 11.8 Å². The first kappa shape index (κ1) is 19.2. The highest BCUT2D eigenvalue weighted by Gasteiger charge is 2.79. The predicted octanol–water partition coefficient (Wildman–Crippen LogP) is 0.633. The third-order valence-corrected chi connectivity index (χ3v) is 5.57. The van der Waals surface area contributed by atoms with E-state index in [0.717, 1.165) is 0 Å². The molecule has 146 valence electrons. The predicted molar refractivity (Wildman–Crippen MR) is 95.5 cm³/mol. The lowest BCUT2D eigenvalue weighted by Crippen LogP contribution is -2.79. The minimum absolute atomic E-state index is 0.0255. The number of fused-ring (bicyclic) bond motifs is 1. The summed E-state index contributed by atoms with van der Waals surface area (Å²) in [6.45, 7) is 5.13. The third-order valence-electron chi connectivity index (χ3n) is 5.57. The number of rotatable bonds is 6. The number of ether oxygens (including phenoxy) is 2. The number of benzene rings is 1. The molecule has 0 radical (unpaired) electrons. The maximum Gasteiger partial charge on any atom is 0.339 e. The number of anilines is 1. The average Bonchev–Trinajstić information content (AvgIpc) is 2.78. The Labute approximate surface area is 157 Å². The molecule has 4 unspecified atom stereocenters. The quantitative estimate of drug-likeness (QED) is 0.491. The highest BCUT2D eigenvalue weighted by Crippen LogP contribution is 2.52. The van der Waals surface area contributed by atoms with Crippen LogP contribution in [0.25, 0.3) is 0 Å². The lowest BCUT2D eigenvalue weighted by Gasteiger charge is -2.54. The van der Waals surface area contributed by atoms with E-state index in [1.165, 1.54) is 0 Å². The summed E-state index contributed by atoms with van der Waals surface area (Å²) in [5, 5.41) is 13.2. The molecule has 4 N–H and O–H groups in total. The molecule has 0 spiro atoms. The van der Waals surface area contributed by atoms with E-state index >= 15 is 0 Å². The van der Waals surface area contributed by atoms with Crippen molar-refractivity contribution in [1.29, 1.82) is 0 Å². The van der Waals surface area contributed by atoms with Crippen LogP contribution in [0.1, 0.15) is 37.6 Å². The van der Waals surface area contributed by atoms with Gasteiger partial charge in [-0.1, -0.05) is 13.8 Å². The number of carbonyl (C=O) groups is 3. The van der Waals surface area contributed by atoms with Crippen LogP contribution in [0.2, 0.25) is 0 Å². The zero-order chi connectivity index (χ0) is 20.0. The molecule has 27 heavy (non-hydrogen) atoms. The molecule has 8 nitrogen and oxygen atoms in total. The zero-order valence-electron chi connectivity index (χ0n) is 15.5. The summed E-state index contributed by atoms with van der Waals surface area (Å²) in [5.74, 6) is -2.53. The van der Waals surface area contributed by atoms with Gasteiger partial charge in [-0.2, -0.15) is 0 Å². The summed E-state index contributed by atoms with van der Waals surface area (Å²) in [6.07, 6.45) is -0.905. The minimum Gasteiger partial charge on any atom is -0.462 e. The van der Waals surface area contributed by atoms with E-state index in [9.17, 15) is 19.5 Å². The number of amides is 1. The molecule has 0 aromatic heterocycles. The monoisotopic (exact) mass is 376 g/mol. The number of hydrogen-bond donors (Lipinski definition) is 3. The molecule has 0 aliphatic carbocycles. The smallest absolute Gasteiger partial charge is 0.339 e. The largest absolute Gasteiger partial charge is 0.462 e. The maximum absolute atomic E-state index is 12.5. The van der Waals surface area contributed by atoms with Crippen molar-refractivity contribution in [2.45, 2.75) is 44.4 Å². The number of hydrogen-bond acceptors (Lipinski definition) is 7. The normalized spacial score (nSPS) is 30.2. The van der Waals surface area contributed by atoms with Gasteiger partial charge in [-0.05, 0) is 43.5 Å². The molecule has 3 rings (SSSR count). The average molecular weight is 376 g/mol. The Morgan fingerprint density at radius 3 is 2.52 bits per heavy atom. The SMILES string of the molecule is CC(C)C(O)C12NC(=O)C(CCOC(=O)c3ccc(N)cc3)C1(C)OC2=O. The van der Waals surface area contributed by atoms with Gasteiger partial charge in [-0.3, -0.25) is 4.79 Å². The highest BCUT2D eigenvalue weighted by molar-refractivity contribution is 6.01. The van der Waals surface area contributed by atoms with Gasteiger partial charge in [0, 0.05) is 5.69 Å². The Morgan fingerprint density at radius 2 is 1.96 bits per heavy atom.